The first-order valence-electron chi connectivity index (χ1n) is 5.12. The number of aromatic nitrogens is 2. The SMILES string of the molecule is Cc1ncnc(C)c1CC1CN(C)C1. The first-order chi connectivity index (χ1) is 6.66. The first-order valence-corrected chi connectivity index (χ1v) is 5.12. The average molecular weight is 191 g/mol. The van der Waals surface area contributed by atoms with Gasteiger partial charge in [0.05, 0.1) is 0 Å². The van der Waals surface area contributed by atoms with E-state index in [0.29, 0.717) is 0 Å². The fourth-order valence-electron chi connectivity index (χ4n) is 2.16. The molecule has 0 amide bonds. The summed E-state index contributed by atoms with van der Waals surface area (Å²) in [6.45, 7) is 6.58. The zero-order chi connectivity index (χ0) is 10.1. The molecule has 0 unspecified atom stereocenters. The summed E-state index contributed by atoms with van der Waals surface area (Å²) in [4.78, 5) is 10.8. The number of hydrogen-bond acceptors (Lipinski definition) is 3. The lowest BCUT2D eigenvalue weighted by Crippen LogP contribution is -2.44. The summed E-state index contributed by atoms with van der Waals surface area (Å²) in [5, 5.41) is 0. The maximum Gasteiger partial charge on any atom is 0.115 e. The van der Waals surface area contributed by atoms with Gasteiger partial charge in [0, 0.05) is 24.5 Å². The van der Waals surface area contributed by atoms with E-state index >= 15 is 0 Å². The van der Waals surface area contributed by atoms with Gasteiger partial charge in [-0.05, 0) is 38.8 Å². The van der Waals surface area contributed by atoms with Crippen LogP contribution in [0.5, 0.6) is 0 Å². The van der Waals surface area contributed by atoms with Crippen LogP contribution in [0.25, 0.3) is 0 Å². The van der Waals surface area contributed by atoms with Crippen molar-refractivity contribution in [2.24, 2.45) is 5.92 Å². The molecule has 3 nitrogen and oxygen atoms in total. The number of hydrogen-bond donors (Lipinski definition) is 0. The third-order valence-electron chi connectivity index (χ3n) is 3.01. The van der Waals surface area contributed by atoms with E-state index in [1.807, 2.05) is 0 Å². The van der Waals surface area contributed by atoms with Crippen molar-refractivity contribution in [3.63, 3.8) is 0 Å². The van der Waals surface area contributed by atoms with Crippen LogP contribution < -0.4 is 0 Å². The molecule has 0 saturated carbocycles. The van der Waals surface area contributed by atoms with Gasteiger partial charge in [0.15, 0.2) is 0 Å². The highest BCUT2D eigenvalue weighted by Gasteiger charge is 2.24. The molecule has 1 aliphatic rings. The third kappa shape index (κ3) is 1.77. The predicted molar refractivity (Wildman–Crippen MR) is 56.2 cm³/mol. The summed E-state index contributed by atoms with van der Waals surface area (Å²) in [6, 6.07) is 0. The van der Waals surface area contributed by atoms with E-state index in [4.69, 9.17) is 0 Å². The Morgan fingerprint density at radius 1 is 1.29 bits per heavy atom. The van der Waals surface area contributed by atoms with Crippen molar-refractivity contribution in [3.8, 4) is 0 Å². The Kier molecular flexibility index (Phi) is 2.50. The Balaban J connectivity index is 2.09. The van der Waals surface area contributed by atoms with Gasteiger partial charge < -0.3 is 4.90 Å². The van der Waals surface area contributed by atoms with Gasteiger partial charge in [-0.15, -0.1) is 0 Å². The maximum absolute atomic E-state index is 4.25. The minimum Gasteiger partial charge on any atom is -0.306 e. The summed E-state index contributed by atoms with van der Waals surface area (Å²) < 4.78 is 0. The van der Waals surface area contributed by atoms with Crippen LogP contribution in [0, 0.1) is 19.8 Å². The molecule has 3 heteroatoms. The topological polar surface area (TPSA) is 29.0 Å². The highest BCUT2D eigenvalue weighted by Crippen LogP contribution is 2.20. The highest BCUT2D eigenvalue weighted by molar-refractivity contribution is 5.23. The Labute approximate surface area is 85.2 Å². The Morgan fingerprint density at radius 3 is 2.36 bits per heavy atom. The molecule has 2 rings (SSSR count). The lowest BCUT2D eigenvalue weighted by atomic mass is 9.91. The Morgan fingerprint density at radius 2 is 1.86 bits per heavy atom. The zero-order valence-electron chi connectivity index (χ0n) is 9.12. The van der Waals surface area contributed by atoms with Gasteiger partial charge in [-0.2, -0.15) is 0 Å². The van der Waals surface area contributed by atoms with Gasteiger partial charge in [0.2, 0.25) is 0 Å². The van der Waals surface area contributed by atoms with Crippen molar-refractivity contribution in [2.45, 2.75) is 20.3 Å². The molecular weight excluding hydrogens is 174 g/mol. The molecule has 1 saturated heterocycles. The second-order valence-corrected chi connectivity index (χ2v) is 4.31. The van der Waals surface area contributed by atoms with Gasteiger partial charge in [-0.1, -0.05) is 0 Å². The molecular formula is C11H17N3. The van der Waals surface area contributed by atoms with Crippen LogP contribution >= 0.6 is 0 Å². The van der Waals surface area contributed by atoms with Crippen molar-refractivity contribution < 1.29 is 0 Å². The standard InChI is InChI=1S/C11H17N3/c1-8-11(9(2)13-7-12-8)4-10-5-14(3)6-10/h7,10H,4-6H2,1-3H3. The van der Waals surface area contributed by atoms with Crippen LogP contribution in [0.15, 0.2) is 6.33 Å². The molecule has 1 aromatic rings. The smallest absolute Gasteiger partial charge is 0.115 e. The highest BCUT2D eigenvalue weighted by atomic mass is 15.2. The first kappa shape index (κ1) is 9.59. The average Bonchev–Trinajstić information content (AvgIpc) is 2.08. The molecule has 76 valence electrons. The van der Waals surface area contributed by atoms with Crippen LogP contribution in [-0.4, -0.2) is 35.0 Å². The molecule has 0 spiro atoms. The monoisotopic (exact) mass is 191 g/mol. The summed E-state index contributed by atoms with van der Waals surface area (Å²) >= 11 is 0. The second-order valence-electron chi connectivity index (χ2n) is 4.31. The summed E-state index contributed by atoms with van der Waals surface area (Å²) in [5.41, 5.74) is 3.64. The van der Waals surface area contributed by atoms with Gasteiger partial charge in [-0.25, -0.2) is 9.97 Å². The Bertz CT molecular complexity index is 309. The summed E-state index contributed by atoms with van der Waals surface area (Å²) in [6.07, 6.45) is 2.80. The molecule has 1 aromatic heterocycles. The molecule has 0 bridgehead atoms. The van der Waals surface area contributed by atoms with Gasteiger partial charge in [0.25, 0.3) is 0 Å². The van der Waals surface area contributed by atoms with Crippen molar-refractivity contribution in [1.29, 1.82) is 0 Å². The quantitative estimate of drug-likeness (QED) is 0.703. The van der Waals surface area contributed by atoms with Crippen molar-refractivity contribution in [1.82, 2.24) is 14.9 Å². The zero-order valence-corrected chi connectivity index (χ0v) is 9.12. The van der Waals surface area contributed by atoms with E-state index in [0.717, 1.165) is 23.7 Å². The van der Waals surface area contributed by atoms with Gasteiger partial charge in [-0.3, -0.25) is 0 Å². The molecule has 1 aliphatic heterocycles. The van der Waals surface area contributed by atoms with E-state index in [1.165, 1.54) is 18.7 Å². The van der Waals surface area contributed by atoms with E-state index in [-0.39, 0.29) is 0 Å². The van der Waals surface area contributed by atoms with Crippen LogP contribution in [0.4, 0.5) is 0 Å². The lowest BCUT2D eigenvalue weighted by Gasteiger charge is -2.36. The van der Waals surface area contributed by atoms with Gasteiger partial charge in [0.1, 0.15) is 6.33 Å². The van der Waals surface area contributed by atoms with E-state index < -0.39 is 0 Å². The molecule has 0 aliphatic carbocycles. The molecule has 2 heterocycles. The summed E-state index contributed by atoms with van der Waals surface area (Å²) in [5.74, 6) is 0.809. The lowest BCUT2D eigenvalue weighted by molar-refractivity contribution is 0.134. The van der Waals surface area contributed by atoms with Crippen LogP contribution in [0.3, 0.4) is 0 Å². The molecule has 0 aromatic carbocycles. The van der Waals surface area contributed by atoms with Crippen molar-refractivity contribution in [3.05, 3.63) is 23.3 Å². The minimum atomic E-state index is 0.809. The fourth-order valence-corrected chi connectivity index (χ4v) is 2.16. The Hall–Kier alpha value is -0.960. The molecule has 14 heavy (non-hydrogen) atoms. The largest absolute Gasteiger partial charge is 0.306 e. The second kappa shape index (κ2) is 3.65. The number of likely N-dealkylation sites (tertiary alicyclic amines) is 1. The van der Waals surface area contributed by atoms with Crippen LogP contribution in [0.1, 0.15) is 17.0 Å². The number of aryl methyl sites for hydroxylation is 2. The number of rotatable bonds is 2. The summed E-state index contributed by atoms with van der Waals surface area (Å²) in [7, 11) is 2.16. The molecule has 0 atom stereocenters. The predicted octanol–water partition coefficient (Wildman–Crippen LogP) is 1.20. The minimum absolute atomic E-state index is 0.809. The van der Waals surface area contributed by atoms with Crippen molar-refractivity contribution in [2.75, 3.05) is 20.1 Å². The van der Waals surface area contributed by atoms with Crippen LogP contribution in [-0.2, 0) is 6.42 Å². The number of nitrogens with zero attached hydrogens (tertiary/aromatic N) is 3. The molecule has 0 N–H and O–H groups in total. The normalized spacial score (nSPS) is 18.2. The third-order valence-corrected chi connectivity index (χ3v) is 3.01. The molecule has 1 fully saturated rings. The molecule has 0 radical (unpaired) electrons. The van der Waals surface area contributed by atoms with Crippen LogP contribution in [0.2, 0.25) is 0 Å². The van der Waals surface area contributed by atoms with E-state index in [2.05, 4.69) is 35.8 Å². The van der Waals surface area contributed by atoms with E-state index in [1.54, 1.807) is 6.33 Å². The van der Waals surface area contributed by atoms with Crippen molar-refractivity contribution >= 4 is 0 Å². The fraction of sp³-hybridized carbons (Fsp3) is 0.636. The van der Waals surface area contributed by atoms with Gasteiger partial charge >= 0.3 is 0 Å². The maximum atomic E-state index is 4.25. The van der Waals surface area contributed by atoms with E-state index in [9.17, 15) is 0 Å².